The predicted molar refractivity (Wildman–Crippen MR) is 137 cm³/mol. The molecule has 1 fully saturated rings. The molecule has 4 rings (SSSR count). The van der Waals surface area contributed by atoms with E-state index in [1.165, 1.54) is 0 Å². The van der Waals surface area contributed by atoms with Gasteiger partial charge in [0.1, 0.15) is 23.2 Å². The molecule has 0 bridgehead atoms. The van der Waals surface area contributed by atoms with Gasteiger partial charge in [0.15, 0.2) is 0 Å². The highest BCUT2D eigenvalue weighted by molar-refractivity contribution is 8.01. The second kappa shape index (κ2) is 9.93. The number of nitrogens with one attached hydrogen (secondary N) is 2. The average molecular weight is 496 g/mol. The highest BCUT2D eigenvalue weighted by Gasteiger charge is 2.57. The summed E-state index contributed by atoms with van der Waals surface area (Å²) in [6, 6.07) is 13.6. The first-order valence-corrected chi connectivity index (χ1v) is 12.8. The van der Waals surface area contributed by atoms with Crippen LogP contribution in [0.5, 0.6) is 5.75 Å². The maximum Gasteiger partial charge on any atom is 0.256 e. The van der Waals surface area contributed by atoms with E-state index in [0.717, 1.165) is 16.9 Å². The van der Waals surface area contributed by atoms with Gasteiger partial charge in [-0.1, -0.05) is 44.2 Å². The standard InChI is InChI=1S/C27H33N3O4S/c1-16(2)13-21(23(31)28-15-17-9-8-10-18(14-17)34-5)29-24(32)22-27(3,4)35-26-20-12-7-6-11-19(20)25(33)30(22)26/h6-12,14,16,21-22,26H,13,15H2,1-5H3,(H,28,31)(H,29,32)/t21-,22+,26+/m0/s1. The van der Waals surface area contributed by atoms with Crippen molar-refractivity contribution in [3.63, 3.8) is 0 Å². The van der Waals surface area contributed by atoms with Gasteiger partial charge in [-0.15, -0.1) is 11.8 Å². The van der Waals surface area contributed by atoms with E-state index in [2.05, 4.69) is 10.6 Å². The Bertz CT molecular complexity index is 1130. The Morgan fingerprint density at radius 1 is 1.14 bits per heavy atom. The number of methoxy groups -OCH3 is 1. The Hall–Kier alpha value is -3.00. The highest BCUT2D eigenvalue weighted by Crippen LogP contribution is 2.56. The second-order valence-corrected chi connectivity index (χ2v) is 11.8. The third-order valence-electron chi connectivity index (χ3n) is 6.49. The normalized spacial score (nSPS) is 20.9. The van der Waals surface area contributed by atoms with Crippen LogP contribution in [0.1, 0.15) is 61.0 Å². The van der Waals surface area contributed by atoms with Gasteiger partial charge in [0, 0.05) is 16.9 Å². The Morgan fingerprint density at radius 3 is 2.60 bits per heavy atom. The van der Waals surface area contributed by atoms with E-state index in [0.29, 0.717) is 18.5 Å². The zero-order valence-electron chi connectivity index (χ0n) is 20.8. The van der Waals surface area contributed by atoms with Gasteiger partial charge in [-0.25, -0.2) is 0 Å². The smallest absolute Gasteiger partial charge is 0.256 e. The van der Waals surface area contributed by atoms with Gasteiger partial charge in [-0.3, -0.25) is 14.4 Å². The summed E-state index contributed by atoms with van der Waals surface area (Å²) in [5.41, 5.74) is 2.50. The molecule has 2 aromatic rings. The third kappa shape index (κ3) is 5.03. The second-order valence-electron chi connectivity index (χ2n) is 10.0. The Balaban J connectivity index is 1.50. The Labute approximate surface area is 211 Å². The first kappa shape index (κ1) is 25.1. The molecule has 3 atom stereocenters. The number of carbonyl (C=O) groups is 3. The zero-order valence-corrected chi connectivity index (χ0v) is 21.6. The molecule has 1 saturated heterocycles. The molecule has 0 aromatic heterocycles. The van der Waals surface area contributed by atoms with E-state index < -0.39 is 16.8 Å². The number of ether oxygens (including phenoxy) is 1. The molecule has 2 N–H and O–H groups in total. The van der Waals surface area contributed by atoms with Crippen molar-refractivity contribution >= 4 is 29.5 Å². The van der Waals surface area contributed by atoms with E-state index in [9.17, 15) is 14.4 Å². The number of thioether (sulfide) groups is 1. The van der Waals surface area contributed by atoms with Gasteiger partial charge < -0.3 is 20.3 Å². The van der Waals surface area contributed by atoms with Crippen LogP contribution in [0.2, 0.25) is 0 Å². The minimum Gasteiger partial charge on any atom is -0.497 e. The van der Waals surface area contributed by atoms with Crippen LogP contribution in [0.15, 0.2) is 48.5 Å². The maximum absolute atomic E-state index is 13.6. The summed E-state index contributed by atoms with van der Waals surface area (Å²) in [6.45, 7) is 8.32. The molecule has 2 heterocycles. The first-order chi connectivity index (χ1) is 16.6. The summed E-state index contributed by atoms with van der Waals surface area (Å²) in [7, 11) is 1.60. The molecule has 0 saturated carbocycles. The third-order valence-corrected chi connectivity index (χ3v) is 8.02. The van der Waals surface area contributed by atoms with E-state index in [1.807, 2.05) is 76.2 Å². The van der Waals surface area contributed by atoms with Gasteiger partial charge in [0.25, 0.3) is 5.91 Å². The minimum atomic E-state index is -0.701. The molecule has 0 unspecified atom stereocenters. The van der Waals surface area contributed by atoms with Crippen LogP contribution in [0, 0.1) is 5.92 Å². The van der Waals surface area contributed by atoms with Crippen molar-refractivity contribution in [2.24, 2.45) is 5.92 Å². The van der Waals surface area contributed by atoms with Crippen LogP contribution in [-0.2, 0) is 16.1 Å². The zero-order chi connectivity index (χ0) is 25.3. The summed E-state index contributed by atoms with van der Waals surface area (Å²) >= 11 is 1.61. The number of amides is 3. The van der Waals surface area contributed by atoms with Crippen molar-refractivity contribution in [1.82, 2.24) is 15.5 Å². The number of hydrogen-bond donors (Lipinski definition) is 2. The van der Waals surface area contributed by atoms with E-state index in [1.54, 1.807) is 23.8 Å². The fourth-order valence-electron chi connectivity index (χ4n) is 4.85. The monoisotopic (exact) mass is 495 g/mol. The molecular weight excluding hydrogens is 462 g/mol. The largest absolute Gasteiger partial charge is 0.497 e. The SMILES string of the molecule is COc1cccc(CNC(=O)[C@H](CC(C)C)NC(=O)[C@H]2N3C(=O)c4ccccc4[C@H]3SC2(C)C)c1. The lowest BCUT2D eigenvalue weighted by Crippen LogP contribution is -2.57. The Morgan fingerprint density at radius 2 is 1.89 bits per heavy atom. The van der Waals surface area contributed by atoms with Crippen molar-refractivity contribution in [3.05, 3.63) is 65.2 Å². The molecule has 7 nitrogen and oxygen atoms in total. The molecular formula is C27H33N3O4S. The van der Waals surface area contributed by atoms with E-state index in [-0.39, 0.29) is 29.0 Å². The van der Waals surface area contributed by atoms with Crippen molar-refractivity contribution in [2.75, 3.05) is 7.11 Å². The predicted octanol–water partition coefficient (Wildman–Crippen LogP) is 3.89. The van der Waals surface area contributed by atoms with Crippen molar-refractivity contribution in [3.8, 4) is 5.75 Å². The number of benzene rings is 2. The Kier molecular flexibility index (Phi) is 7.12. The minimum absolute atomic E-state index is 0.133. The van der Waals surface area contributed by atoms with Gasteiger partial charge in [0.05, 0.1) is 7.11 Å². The number of hydrogen-bond acceptors (Lipinski definition) is 5. The molecule has 186 valence electrons. The summed E-state index contributed by atoms with van der Waals surface area (Å²) < 4.78 is 4.75. The molecule has 0 radical (unpaired) electrons. The van der Waals surface area contributed by atoms with Crippen LogP contribution in [0.3, 0.4) is 0 Å². The lowest BCUT2D eigenvalue weighted by Gasteiger charge is -2.31. The molecule has 2 aromatic carbocycles. The molecule has 2 aliphatic rings. The topological polar surface area (TPSA) is 87.7 Å². The maximum atomic E-state index is 13.6. The molecule has 8 heteroatoms. The number of carbonyl (C=O) groups excluding carboxylic acids is 3. The van der Waals surface area contributed by atoms with E-state index in [4.69, 9.17) is 4.74 Å². The lowest BCUT2D eigenvalue weighted by molar-refractivity contribution is -0.132. The summed E-state index contributed by atoms with van der Waals surface area (Å²) in [5, 5.41) is 5.73. The number of nitrogens with zero attached hydrogens (tertiary/aromatic N) is 1. The van der Waals surface area contributed by atoms with Crippen molar-refractivity contribution < 1.29 is 19.1 Å². The fraction of sp³-hybridized carbons (Fsp3) is 0.444. The van der Waals surface area contributed by atoms with Crippen molar-refractivity contribution in [2.45, 2.75) is 62.9 Å². The van der Waals surface area contributed by atoms with Gasteiger partial charge >= 0.3 is 0 Å². The van der Waals surface area contributed by atoms with Gasteiger partial charge in [-0.2, -0.15) is 0 Å². The average Bonchev–Trinajstić information content (AvgIpc) is 3.25. The number of rotatable bonds is 8. The molecule has 0 aliphatic carbocycles. The van der Waals surface area contributed by atoms with Gasteiger partial charge in [0.2, 0.25) is 11.8 Å². The van der Waals surface area contributed by atoms with Crippen LogP contribution in [-0.4, -0.2) is 46.6 Å². The van der Waals surface area contributed by atoms with Crippen molar-refractivity contribution in [1.29, 1.82) is 0 Å². The number of fused-ring (bicyclic) bond motifs is 3. The van der Waals surface area contributed by atoms with E-state index >= 15 is 0 Å². The first-order valence-electron chi connectivity index (χ1n) is 11.9. The van der Waals surface area contributed by atoms with Crippen LogP contribution in [0.25, 0.3) is 0 Å². The molecule has 0 spiro atoms. The highest BCUT2D eigenvalue weighted by atomic mass is 32.2. The van der Waals surface area contributed by atoms with Gasteiger partial charge in [-0.05, 0) is 55.5 Å². The lowest BCUT2D eigenvalue weighted by atomic mass is 9.98. The summed E-state index contributed by atoms with van der Waals surface area (Å²) in [6.07, 6.45) is 0.494. The fourth-order valence-corrected chi connectivity index (χ4v) is 6.44. The molecule has 3 amide bonds. The van der Waals surface area contributed by atoms with Crippen LogP contribution >= 0.6 is 11.8 Å². The van der Waals surface area contributed by atoms with Crippen LogP contribution in [0.4, 0.5) is 0 Å². The molecule has 2 aliphatic heterocycles. The summed E-state index contributed by atoms with van der Waals surface area (Å²) in [5.74, 6) is 0.237. The quantitative estimate of drug-likeness (QED) is 0.580. The van der Waals surface area contributed by atoms with Crippen LogP contribution < -0.4 is 15.4 Å². The summed E-state index contributed by atoms with van der Waals surface area (Å²) in [4.78, 5) is 41.7. The molecule has 35 heavy (non-hydrogen) atoms.